The molecule has 0 aliphatic rings. The van der Waals surface area contributed by atoms with Crippen LogP contribution in [0.5, 0.6) is 0 Å². The Morgan fingerprint density at radius 2 is 2.30 bits per heavy atom. The predicted octanol–water partition coefficient (Wildman–Crippen LogP) is -0.793. The summed E-state index contributed by atoms with van der Waals surface area (Å²) in [7, 11) is 0. The number of hydrogen-bond acceptors (Lipinski definition) is 4. The lowest BCUT2D eigenvalue weighted by Crippen LogP contribution is -2.53. The van der Waals surface area contributed by atoms with E-state index in [1.807, 2.05) is 6.26 Å². The molecule has 1 unspecified atom stereocenters. The molecule has 0 radical (unpaired) electrons. The van der Waals surface area contributed by atoms with Crippen LogP contribution in [-0.4, -0.2) is 23.5 Å². The highest BCUT2D eigenvalue weighted by Gasteiger charge is 2.18. The van der Waals surface area contributed by atoms with Crippen LogP contribution in [0.15, 0.2) is 0 Å². The van der Waals surface area contributed by atoms with Crippen molar-refractivity contribution in [2.24, 2.45) is 5.73 Å². The molecule has 0 amide bonds. The van der Waals surface area contributed by atoms with Crippen LogP contribution in [0.3, 0.4) is 0 Å². The van der Waals surface area contributed by atoms with E-state index in [0.717, 1.165) is 5.75 Å². The predicted molar refractivity (Wildman–Crippen MR) is 40.6 cm³/mol. The topological polar surface area (TPSA) is 66.2 Å². The third kappa shape index (κ3) is 3.08. The van der Waals surface area contributed by atoms with E-state index in [9.17, 15) is 9.90 Å². The first kappa shape index (κ1) is 9.78. The fourth-order valence-electron chi connectivity index (χ4n) is 0.416. The minimum absolute atomic E-state index is 0.455. The standard InChI is InChI=1S/C6H13NO2S/c1-6(7,5(8)9)3-4-10-2/h3-4,7H2,1-2H3,(H,8,9)/p-1. The summed E-state index contributed by atoms with van der Waals surface area (Å²) in [5.74, 6) is -0.428. The molecule has 0 rings (SSSR count). The highest BCUT2D eigenvalue weighted by molar-refractivity contribution is 7.98. The second-order valence-electron chi connectivity index (χ2n) is 2.45. The molecular weight excluding hydrogens is 150 g/mol. The zero-order chi connectivity index (χ0) is 8.20. The van der Waals surface area contributed by atoms with Crippen molar-refractivity contribution in [1.29, 1.82) is 0 Å². The monoisotopic (exact) mass is 162 g/mol. The number of thioether (sulfide) groups is 1. The molecule has 3 nitrogen and oxygen atoms in total. The van der Waals surface area contributed by atoms with Gasteiger partial charge in [0.25, 0.3) is 0 Å². The van der Waals surface area contributed by atoms with E-state index in [-0.39, 0.29) is 0 Å². The zero-order valence-corrected chi connectivity index (χ0v) is 7.03. The summed E-state index contributed by atoms with van der Waals surface area (Å²) in [6.07, 6.45) is 2.36. The van der Waals surface area contributed by atoms with Gasteiger partial charge in [-0.15, -0.1) is 0 Å². The number of carboxylic acids is 1. The van der Waals surface area contributed by atoms with Crippen molar-refractivity contribution in [3.05, 3.63) is 0 Å². The summed E-state index contributed by atoms with van der Waals surface area (Å²) >= 11 is 1.57. The summed E-state index contributed by atoms with van der Waals surface area (Å²) < 4.78 is 0. The normalized spacial score (nSPS) is 16.3. The van der Waals surface area contributed by atoms with Crippen LogP contribution in [0, 0.1) is 0 Å². The molecule has 4 heteroatoms. The number of carbonyl (C=O) groups is 1. The molecule has 0 aliphatic carbocycles. The van der Waals surface area contributed by atoms with Gasteiger partial charge in [-0.25, -0.2) is 0 Å². The molecule has 2 N–H and O–H groups in total. The van der Waals surface area contributed by atoms with Gasteiger partial charge in [-0.3, -0.25) is 0 Å². The van der Waals surface area contributed by atoms with Gasteiger partial charge in [0.05, 0.1) is 11.5 Å². The molecule has 0 aliphatic heterocycles. The summed E-state index contributed by atoms with van der Waals surface area (Å²) in [6.45, 7) is 1.47. The lowest BCUT2D eigenvalue weighted by atomic mass is 10.0. The van der Waals surface area contributed by atoms with Crippen molar-refractivity contribution in [2.45, 2.75) is 18.9 Å². The van der Waals surface area contributed by atoms with Crippen LogP contribution >= 0.6 is 11.8 Å². The first-order valence-corrected chi connectivity index (χ1v) is 4.39. The largest absolute Gasteiger partial charge is 0.548 e. The first-order valence-electron chi connectivity index (χ1n) is 3.00. The zero-order valence-electron chi connectivity index (χ0n) is 6.22. The molecule has 60 valence electrons. The fourth-order valence-corrected chi connectivity index (χ4v) is 1.04. The van der Waals surface area contributed by atoms with Gasteiger partial charge in [0.1, 0.15) is 0 Å². The van der Waals surface area contributed by atoms with Crippen LogP contribution in [0.25, 0.3) is 0 Å². The Kier molecular flexibility index (Phi) is 3.75. The maximum atomic E-state index is 10.3. The van der Waals surface area contributed by atoms with Crippen LogP contribution in [0.2, 0.25) is 0 Å². The van der Waals surface area contributed by atoms with Gasteiger partial charge in [-0.1, -0.05) is 0 Å². The SMILES string of the molecule is CSCCC(C)(N)C(=O)[O-]. The molecule has 10 heavy (non-hydrogen) atoms. The lowest BCUT2D eigenvalue weighted by molar-refractivity contribution is -0.312. The van der Waals surface area contributed by atoms with E-state index in [2.05, 4.69) is 0 Å². The van der Waals surface area contributed by atoms with Crippen LogP contribution in [0.4, 0.5) is 0 Å². The summed E-state index contributed by atoms with van der Waals surface area (Å²) in [5, 5.41) is 10.3. The Bertz CT molecular complexity index is 125. The Morgan fingerprint density at radius 1 is 1.80 bits per heavy atom. The Labute approximate surface area is 65.0 Å². The van der Waals surface area contributed by atoms with E-state index in [1.165, 1.54) is 6.92 Å². The van der Waals surface area contributed by atoms with Crippen molar-refractivity contribution in [1.82, 2.24) is 0 Å². The fraction of sp³-hybridized carbons (Fsp3) is 0.833. The summed E-state index contributed by atoms with van der Waals surface area (Å²) in [6, 6.07) is 0. The quantitative estimate of drug-likeness (QED) is 0.588. The van der Waals surface area contributed by atoms with Crippen LogP contribution in [0.1, 0.15) is 13.3 Å². The van der Waals surface area contributed by atoms with E-state index >= 15 is 0 Å². The van der Waals surface area contributed by atoms with E-state index in [0.29, 0.717) is 6.42 Å². The van der Waals surface area contributed by atoms with E-state index < -0.39 is 11.5 Å². The molecule has 0 aromatic heterocycles. The van der Waals surface area contributed by atoms with Crippen molar-refractivity contribution in [2.75, 3.05) is 12.0 Å². The second kappa shape index (κ2) is 3.83. The number of nitrogens with two attached hydrogens (primary N) is 1. The summed E-state index contributed by atoms with van der Waals surface area (Å²) in [4.78, 5) is 10.3. The molecule has 0 aromatic rings. The maximum Gasteiger partial charge on any atom is 0.0611 e. The molecule has 0 bridgehead atoms. The van der Waals surface area contributed by atoms with Gasteiger partial charge >= 0.3 is 0 Å². The second-order valence-corrected chi connectivity index (χ2v) is 3.43. The third-order valence-electron chi connectivity index (χ3n) is 1.29. The first-order chi connectivity index (χ1) is 4.50. The van der Waals surface area contributed by atoms with Crippen molar-refractivity contribution >= 4 is 17.7 Å². The molecule has 0 fully saturated rings. The highest BCUT2D eigenvalue weighted by atomic mass is 32.2. The van der Waals surface area contributed by atoms with Gasteiger partial charge in [0.15, 0.2) is 0 Å². The minimum Gasteiger partial charge on any atom is -0.548 e. The van der Waals surface area contributed by atoms with Crippen LogP contribution in [-0.2, 0) is 4.79 Å². The van der Waals surface area contributed by atoms with Gasteiger partial charge in [-0.05, 0) is 25.4 Å². The lowest BCUT2D eigenvalue weighted by Gasteiger charge is -2.24. The number of hydrogen-bond donors (Lipinski definition) is 1. The molecule has 0 spiro atoms. The maximum absolute atomic E-state index is 10.3. The molecular formula is C6H12NO2S-. The van der Waals surface area contributed by atoms with Gasteiger partial charge in [-0.2, -0.15) is 11.8 Å². The van der Waals surface area contributed by atoms with Crippen molar-refractivity contribution < 1.29 is 9.90 Å². The summed E-state index contributed by atoms with van der Waals surface area (Å²) in [5.41, 5.74) is 4.21. The van der Waals surface area contributed by atoms with Gasteiger partial charge in [0, 0.05) is 0 Å². The number of carboxylic acid groups (broad SMARTS) is 1. The average molecular weight is 162 g/mol. The number of rotatable bonds is 4. The molecule has 0 aromatic carbocycles. The minimum atomic E-state index is -1.18. The highest BCUT2D eigenvalue weighted by Crippen LogP contribution is 2.07. The molecule has 0 saturated heterocycles. The van der Waals surface area contributed by atoms with Crippen molar-refractivity contribution in [3.63, 3.8) is 0 Å². The van der Waals surface area contributed by atoms with Crippen molar-refractivity contribution in [3.8, 4) is 0 Å². The van der Waals surface area contributed by atoms with E-state index in [4.69, 9.17) is 5.73 Å². The third-order valence-corrected chi connectivity index (χ3v) is 1.90. The smallest absolute Gasteiger partial charge is 0.0611 e. The Morgan fingerprint density at radius 3 is 2.60 bits per heavy atom. The van der Waals surface area contributed by atoms with Crippen LogP contribution < -0.4 is 10.8 Å². The number of carbonyl (C=O) groups excluding carboxylic acids is 1. The van der Waals surface area contributed by atoms with Gasteiger partial charge < -0.3 is 15.6 Å². The average Bonchev–Trinajstić information content (AvgIpc) is 1.84. The molecule has 0 heterocycles. The Balaban J connectivity index is 3.75. The molecule has 1 atom stereocenters. The number of aliphatic carboxylic acids is 1. The Hall–Kier alpha value is -0.220. The van der Waals surface area contributed by atoms with E-state index in [1.54, 1.807) is 11.8 Å². The molecule has 0 saturated carbocycles. The van der Waals surface area contributed by atoms with Gasteiger partial charge in [0.2, 0.25) is 0 Å².